The number of carbonyl (C=O) groups is 1. The van der Waals surface area contributed by atoms with Crippen molar-refractivity contribution >= 4 is 56.3 Å². The highest BCUT2D eigenvalue weighted by Crippen LogP contribution is 2.40. The van der Waals surface area contributed by atoms with E-state index in [9.17, 15) is 13.2 Å². The summed E-state index contributed by atoms with van der Waals surface area (Å²) in [4.78, 5) is 10.8. The topological polar surface area (TPSA) is 63.6 Å². The number of nitrogens with zero attached hydrogens (tertiary/aromatic N) is 1. The van der Waals surface area contributed by atoms with Crippen LogP contribution in [-0.2, 0) is 14.8 Å². The van der Waals surface area contributed by atoms with Gasteiger partial charge in [0.2, 0.25) is 0 Å². The fraction of sp³-hybridized carbons (Fsp3) is 0.375. The van der Waals surface area contributed by atoms with Gasteiger partial charge in [-0.3, -0.25) is 4.79 Å². The molecule has 0 saturated heterocycles. The highest BCUT2D eigenvalue weighted by atomic mass is 35.5. The maximum Gasteiger partial charge on any atom is 0.282 e. The molecule has 2 rings (SSSR count). The van der Waals surface area contributed by atoms with E-state index in [0.717, 1.165) is 0 Å². The minimum atomic E-state index is -4.01. The van der Waals surface area contributed by atoms with E-state index in [0.29, 0.717) is 5.57 Å². The van der Waals surface area contributed by atoms with Crippen LogP contribution < -0.4 is 0 Å². The van der Waals surface area contributed by atoms with E-state index in [-0.39, 0.29) is 21.6 Å². The van der Waals surface area contributed by atoms with Crippen molar-refractivity contribution in [2.75, 3.05) is 0 Å². The number of hydrogen-bond donors (Lipinski definition) is 0. The minimum absolute atomic E-state index is 0.0117. The Bertz CT molecular complexity index is 827. The van der Waals surface area contributed by atoms with E-state index in [1.54, 1.807) is 32.0 Å². The average Bonchev–Trinajstić information content (AvgIpc) is 2.51. The summed E-state index contributed by atoms with van der Waals surface area (Å²) in [5, 5.41) is -1.24. The predicted octanol–water partition coefficient (Wildman–Crippen LogP) is 4.15. The van der Waals surface area contributed by atoms with Gasteiger partial charge in [-0.2, -0.15) is 12.8 Å². The number of benzene rings is 1. The lowest BCUT2D eigenvalue weighted by molar-refractivity contribution is -0.117. The second-order valence-corrected chi connectivity index (χ2v) is 9.12. The van der Waals surface area contributed by atoms with Crippen LogP contribution in [0.25, 0.3) is 0 Å². The Morgan fingerprint density at radius 3 is 2.25 bits per heavy atom. The van der Waals surface area contributed by atoms with Gasteiger partial charge in [-0.25, -0.2) is 0 Å². The van der Waals surface area contributed by atoms with Crippen LogP contribution in [0.1, 0.15) is 20.8 Å². The molecule has 130 valence electrons. The summed E-state index contributed by atoms with van der Waals surface area (Å²) in [5.74, 6) is -0.786. The molecule has 0 N–H and O–H groups in total. The van der Waals surface area contributed by atoms with Crippen LogP contribution in [0.15, 0.2) is 50.2 Å². The van der Waals surface area contributed by atoms with Gasteiger partial charge < -0.3 is 0 Å². The van der Waals surface area contributed by atoms with Crippen LogP contribution >= 0.6 is 34.8 Å². The molecular weight excluding hydrogens is 393 g/mol. The Hall–Kier alpha value is -0.880. The van der Waals surface area contributed by atoms with Gasteiger partial charge >= 0.3 is 0 Å². The molecular formula is C16H16Cl3NO3S. The van der Waals surface area contributed by atoms with Gasteiger partial charge in [0.15, 0.2) is 5.78 Å². The van der Waals surface area contributed by atoms with Crippen molar-refractivity contribution < 1.29 is 13.2 Å². The number of halogens is 3. The zero-order valence-corrected chi connectivity index (χ0v) is 16.3. The second kappa shape index (κ2) is 6.79. The molecule has 1 aliphatic rings. The summed E-state index contributed by atoms with van der Waals surface area (Å²) in [6, 6.07) is 7.73. The lowest BCUT2D eigenvalue weighted by Gasteiger charge is -2.34. The lowest BCUT2D eigenvalue weighted by Crippen LogP contribution is -2.49. The predicted molar refractivity (Wildman–Crippen MR) is 97.7 cm³/mol. The van der Waals surface area contributed by atoms with Crippen LogP contribution in [0.3, 0.4) is 0 Å². The Morgan fingerprint density at radius 1 is 1.21 bits per heavy atom. The summed E-state index contributed by atoms with van der Waals surface area (Å²) in [5.41, 5.74) is 0.317. The highest BCUT2D eigenvalue weighted by Gasteiger charge is 2.49. The molecule has 0 aliphatic heterocycles. The Morgan fingerprint density at radius 2 is 1.75 bits per heavy atom. The molecule has 0 radical (unpaired) electrons. The third kappa shape index (κ3) is 3.40. The molecule has 0 fully saturated rings. The number of allylic oxidation sites excluding steroid dienone is 2. The van der Waals surface area contributed by atoms with Crippen molar-refractivity contribution in [3.8, 4) is 0 Å². The maximum absolute atomic E-state index is 12.6. The standard InChI is InChI=1S/C16H16Cl3NO3S/c1-9(2)11-12(17)15(21)16(3,19)14(18)13(11)20-24(22,23)10-7-5-4-6-8-10/h4-9,14H,1-3H3/b20-13-. The Labute approximate surface area is 156 Å². The Kier molecular flexibility index (Phi) is 5.50. The van der Waals surface area contributed by atoms with Gasteiger partial charge in [0.1, 0.15) is 10.3 Å². The third-order valence-corrected chi connectivity index (χ3v) is 6.53. The number of rotatable bonds is 3. The number of ketones is 1. The van der Waals surface area contributed by atoms with E-state index >= 15 is 0 Å². The lowest BCUT2D eigenvalue weighted by atomic mass is 9.82. The van der Waals surface area contributed by atoms with Gasteiger partial charge in [0.25, 0.3) is 10.0 Å². The molecule has 1 aliphatic carbocycles. The van der Waals surface area contributed by atoms with E-state index in [1.807, 2.05) is 0 Å². The number of alkyl halides is 2. The third-order valence-electron chi connectivity index (χ3n) is 3.71. The van der Waals surface area contributed by atoms with Crippen molar-refractivity contribution in [3.63, 3.8) is 0 Å². The second-order valence-electron chi connectivity index (χ2n) is 5.91. The molecule has 0 heterocycles. The summed E-state index contributed by atoms with van der Waals surface area (Å²) in [6.07, 6.45) is 0. The van der Waals surface area contributed by atoms with Gasteiger partial charge in [-0.05, 0) is 25.0 Å². The fourth-order valence-corrected chi connectivity index (χ4v) is 4.53. The van der Waals surface area contributed by atoms with Crippen LogP contribution in [0.4, 0.5) is 0 Å². The molecule has 1 aromatic carbocycles. The summed E-state index contributed by atoms with van der Waals surface area (Å²) in [6.45, 7) is 4.95. The van der Waals surface area contributed by atoms with Crippen LogP contribution in [0.5, 0.6) is 0 Å². The number of hydrogen-bond acceptors (Lipinski definition) is 3. The molecule has 1 aromatic rings. The first-order valence-electron chi connectivity index (χ1n) is 7.18. The summed E-state index contributed by atoms with van der Waals surface area (Å²) >= 11 is 18.7. The molecule has 0 amide bonds. The van der Waals surface area contributed by atoms with E-state index in [1.165, 1.54) is 19.1 Å². The average molecular weight is 409 g/mol. The van der Waals surface area contributed by atoms with Crippen molar-refractivity contribution in [3.05, 3.63) is 40.9 Å². The number of sulfonamides is 1. The normalized spacial score (nSPS) is 27.2. The number of carbonyl (C=O) groups excluding carboxylic acids is 1. The van der Waals surface area contributed by atoms with E-state index in [2.05, 4.69) is 4.40 Å². The fourth-order valence-electron chi connectivity index (χ4n) is 2.38. The molecule has 0 saturated carbocycles. The Balaban J connectivity index is 2.72. The van der Waals surface area contributed by atoms with Crippen molar-refractivity contribution in [1.82, 2.24) is 0 Å². The van der Waals surface area contributed by atoms with Gasteiger partial charge in [0.05, 0.1) is 15.6 Å². The highest BCUT2D eigenvalue weighted by molar-refractivity contribution is 7.90. The van der Waals surface area contributed by atoms with Gasteiger partial charge in [-0.1, -0.05) is 43.6 Å². The van der Waals surface area contributed by atoms with Crippen molar-refractivity contribution in [1.29, 1.82) is 0 Å². The monoisotopic (exact) mass is 407 g/mol. The molecule has 4 nitrogen and oxygen atoms in total. The van der Waals surface area contributed by atoms with E-state index < -0.39 is 26.1 Å². The van der Waals surface area contributed by atoms with Crippen LogP contribution in [-0.4, -0.2) is 30.2 Å². The quantitative estimate of drug-likeness (QED) is 0.706. The first-order valence-corrected chi connectivity index (χ1v) is 9.81. The first-order chi connectivity index (χ1) is 11.0. The molecule has 2 unspecified atom stereocenters. The van der Waals surface area contributed by atoms with Gasteiger partial charge in [-0.15, -0.1) is 23.2 Å². The van der Waals surface area contributed by atoms with Crippen molar-refractivity contribution in [2.24, 2.45) is 10.3 Å². The largest absolute Gasteiger partial charge is 0.291 e. The molecule has 8 heteroatoms. The SMILES string of the molecule is CC(C)C1=C(Cl)C(=O)C(C)(Cl)C(Cl)/C1=N\S(=O)(=O)c1ccccc1. The maximum atomic E-state index is 12.6. The molecule has 0 bridgehead atoms. The van der Waals surface area contributed by atoms with Gasteiger partial charge in [0, 0.05) is 5.57 Å². The van der Waals surface area contributed by atoms with E-state index in [4.69, 9.17) is 34.8 Å². The zero-order chi connectivity index (χ0) is 18.3. The minimum Gasteiger partial charge on any atom is -0.291 e. The molecule has 2 atom stereocenters. The summed E-state index contributed by atoms with van der Waals surface area (Å²) in [7, 11) is -4.01. The molecule has 0 spiro atoms. The molecule has 24 heavy (non-hydrogen) atoms. The smallest absolute Gasteiger partial charge is 0.282 e. The first kappa shape index (κ1) is 19.4. The van der Waals surface area contributed by atoms with Crippen LogP contribution in [0, 0.1) is 5.92 Å². The summed E-state index contributed by atoms with van der Waals surface area (Å²) < 4.78 is 29.0. The zero-order valence-electron chi connectivity index (χ0n) is 13.3. The van der Waals surface area contributed by atoms with Crippen LogP contribution in [0.2, 0.25) is 0 Å². The number of Topliss-reactive ketones (excluding diaryl/α,β-unsaturated/α-hetero) is 1. The molecule has 0 aromatic heterocycles. The van der Waals surface area contributed by atoms with Crippen molar-refractivity contribution in [2.45, 2.75) is 35.9 Å².